The number of likely N-dealkylation sites (N-methyl/N-ethyl adjacent to an activating group) is 1. The zero-order valence-electron chi connectivity index (χ0n) is 9.65. The molecular formula is C11H16N4. The average Bonchev–Trinajstić information content (AvgIpc) is 2.49. The van der Waals surface area contributed by atoms with E-state index in [0.717, 1.165) is 17.8 Å². The maximum atomic E-state index is 9.08. The monoisotopic (exact) mass is 204 g/mol. The molecule has 0 unspecified atom stereocenters. The molecule has 0 N–H and O–H groups in total. The number of hydrogen-bond donors (Lipinski definition) is 0. The Bertz CT molecular complexity index is 387. The molecular weight excluding hydrogens is 188 g/mol. The second kappa shape index (κ2) is 4.76. The van der Waals surface area contributed by atoms with Gasteiger partial charge in [-0.2, -0.15) is 10.4 Å². The number of nitriles is 1. The Balaban J connectivity index is 3.04. The van der Waals surface area contributed by atoms with Crippen LogP contribution < -0.4 is 0 Å². The topological polar surface area (TPSA) is 44.9 Å². The largest absolute Gasteiger partial charge is 0.306 e. The molecule has 0 aliphatic carbocycles. The van der Waals surface area contributed by atoms with Crippen LogP contribution in [-0.2, 0) is 7.05 Å². The van der Waals surface area contributed by atoms with Crippen LogP contribution in [-0.4, -0.2) is 35.3 Å². The van der Waals surface area contributed by atoms with Crippen LogP contribution in [0.3, 0.4) is 0 Å². The summed E-state index contributed by atoms with van der Waals surface area (Å²) < 4.78 is 1.74. The van der Waals surface area contributed by atoms with E-state index in [2.05, 4.69) is 11.2 Å². The molecule has 0 aliphatic rings. The first-order chi connectivity index (χ1) is 7.06. The van der Waals surface area contributed by atoms with Gasteiger partial charge in [0.2, 0.25) is 0 Å². The summed E-state index contributed by atoms with van der Waals surface area (Å²) in [6.07, 6.45) is 3.69. The number of aryl methyl sites for hydroxylation is 2. The van der Waals surface area contributed by atoms with Gasteiger partial charge in [-0.1, -0.05) is 6.08 Å². The van der Waals surface area contributed by atoms with Crippen LogP contribution >= 0.6 is 0 Å². The Morgan fingerprint density at radius 1 is 1.67 bits per heavy atom. The Morgan fingerprint density at radius 2 is 2.33 bits per heavy atom. The summed E-state index contributed by atoms with van der Waals surface area (Å²) in [7, 11) is 5.80. The lowest BCUT2D eigenvalue weighted by Gasteiger charge is -2.06. The first-order valence-electron chi connectivity index (χ1n) is 4.80. The van der Waals surface area contributed by atoms with E-state index in [-0.39, 0.29) is 0 Å². The molecule has 0 bridgehead atoms. The lowest BCUT2D eigenvalue weighted by atomic mass is 10.1. The van der Waals surface area contributed by atoms with Crippen molar-refractivity contribution in [1.29, 1.82) is 5.26 Å². The molecule has 0 spiro atoms. The molecule has 0 saturated carbocycles. The van der Waals surface area contributed by atoms with Gasteiger partial charge in [-0.25, -0.2) is 0 Å². The zero-order valence-corrected chi connectivity index (χ0v) is 9.65. The normalized spacial score (nSPS) is 11.9. The van der Waals surface area contributed by atoms with E-state index in [4.69, 9.17) is 5.26 Å². The standard InChI is InChI=1S/C11H16N4/c1-9-8-13-15(4)11(9)10(7-12)5-6-14(2)3/h5,8H,6H2,1-4H3/b10-5+. The Morgan fingerprint density at radius 3 is 2.73 bits per heavy atom. The molecule has 0 fully saturated rings. The highest BCUT2D eigenvalue weighted by atomic mass is 15.3. The fourth-order valence-electron chi connectivity index (χ4n) is 1.40. The van der Waals surface area contributed by atoms with Gasteiger partial charge < -0.3 is 4.90 Å². The fourth-order valence-corrected chi connectivity index (χ4v) is 1.40. The van der Waals surface area contributed by atoms with Crippen LogP contribution in [0, 0.1) is 18.3 Å². The van der Waals surface area contributed by atoms with E-state index in [0.29, 0.717) is 5.57 Å². The maximum absolute atomic E-state index is 9.08. The van der Waals surface area contributed by atoms with Gasteiger partial charge in [-0.05, 0) is 26.6 Å². The third-order valence-electron chi connectivity index (χ3n) is 2.16. The van der Waals surface area contributed by atoms with Crippen molar-refractivity contribution >= 4 is 5.57 Å². The van der Waals surface area contributed by atoms with E-state index < -0.39 is 0 Å². The molecule has 4 nitrogen and oxygen atoms in total. The summed E-state index contributed by atoms with van der Waals surface area (Å²) in [5.41, 5.74) is 2.62. The SMILES string of the molecule is Cc1cnn(C)c1/C(C#N)=C/CN(C)C. The fraction of sp³-hybridized carbons (Fsp3) is 0.455. The highest BCUT2D eigenvalue weighted by Gasteiger charge is 2.09. The van der Waals surface area contributed by atoms with Gasteiger partial charge in [0.25, 0.3) is 0 Å². The second-order valence-corrected chi connectivity index (χ2v) is 3.79. The van der Waals surface area contributed by atoms with Gasteiger partial charge in [0.1, 0.15) is 6.07 Å². The van der Waals surface area contributed by atoms with Gasteiger partial charge in [0.05, 0.1) is 17.5 Å². The minimum atomic E-state index is 0.682. The van der Waals surface area contributed by atoms with Crippen LogP contribution in [0.5, 0.6) is 0 Å². The summed E-state index contributed by atoms with van der Waals surface area (Å²) >= 11 is 0. The molecule has 1 aromatic rings. The molecule has 80 valence electrons. The van der Waals surface area contributed by atoms with Gasteiger partial charge in [-0.3, -0.25) is 4.68 Å². The number of hydrogen-bond acceptors (Lipinski definition) is 3. The first kappa shape index (κ1) is 11.5. The van der Waals surface area contributed by atoms with Gasteiger partial charge in [0.15, 0.2) is 0 Å². The molecule has 0 atom stereocenters. The van der Waals surface area contributed by atoms with Crippen molar-refractivity contribution in [2.45, 2.75) is 6.92 Å². The van der Waals surface area contributed by atoms with Crippen LogP contribution in [0.15, 0.2) is 12.3 Å². The molecule has 0 amide bonds. The Hall–Kier alpha value is -1.60. The zero-order chi connectivity index (χ0) is 11.4. The van der Waals surface area contributed by atoms with Gasteiger partial charge >= 0.3 is 0 Å². The van der Waals surface area contributed by atoms with Crippen LogP contribution in [0.2, 0.25) is 0 Å². The minimum absolute atomic E-state index is 0.682. The number of allylic oxidation sites excluding steroid dienone is 1. The Kier molecular flexibility index (Phi) is 3.64. The molecule has 0 radical (unpaired) electrons. The molecule has 4 heteroatoms. The van der Waals surface area contributed by atoms with E-state index in [1.54, 1.807) is 10.9 Å². The van der Waals surface area contributed by atoms with Crippen molar-refractivity contribution in [3.05, 3.63) is 23.5 Å². The van der Waals surface area contributed by atoms with E-state index in [1.165, 1.54) is 0 Å². The van der Waals surface area contributed by atoms with Gasteiger partial charge in [-0.15, -0.1) is 0 Å². The summed E-state index contributed by atoms with van der Waals surface area (Å²) in [6, 6.07) is 2.22. The molecule has 1 rings (SSSR count). The first-order valence-corrected chi connectivity index (χ1v) is 4.80. The van der Waals surface area contributed by atoms with Crippen LogP contribution in [0.4, 0.5) is 0 Å². The summed E-state index contributed by atoms with van der Waals surface area (Å²) in [4.78, 5) is 2.02. The van der Waals surface area contributed by atoms with Gasteiger partial charge in [0, 0.05) is 13.6 Å². The number of nitrogens with zero attached hydrogens (tertiary/aromatic N) is 4. The van der Waals surface area contributed by atoms with Crippen molar-refractivity contribution in [3.8, 4) is 6.07 Å². The number of rotatable bonds is 3. The minimum Gasteiger partial charge on any atom is -0.306 e. The van der Waals surface area contributed by atoms with Crippen molar-refractivity contribution in [2.75, 3.05) is 20.6 Å². The maximum Gasteiger partial charge on any atom is 0.101 e. The molecule has 1 heterocycles. The van der Waals surface area contributed by atoms with Crippen LogP contribution in [0.25, 0.3) is 5.57 Å². The molecule has 0 saturated heterocycles. The molecule has 0 aromatic carbocycles. The highest BCUT2D eigenvalue weighted by Crippen LogP contribution is 2.16. The second-order valence-electron chi connectivity index (χ2n) is 3.79. The smallest absolute Gasteiger partial charge is 0.101 e. The van der Waals surface area contributed by atoms with Crippen LogP contribution in [0.1, 0.15) is 11.3 Å². The summed E-state index contributed by atoms with van der Waals surface area (Å²) in [5.74, 6) is 0. The Labute approximate surface area is 90.4 Å². The molecule has 1 aromatic heterocycles. The lowest BCUT2D eigenvalue weighted by Crippen LogP contribution is -2.11. The van der Waals surface area contributed by atoms with E-state index >= 15 is 0 Å². The summed E-state index contributed by atoms with van der Waals surface area (Å²) in [5, 5.41) is 13.2. The van der Waals surface area contributed by atoms with E-state index in [9.17, 15) is 0 Å². The van der Waals surface area contributed by atoms with Crippen molar-refractivity contribution in [2.24, 2.45) is 7.05 Å². The quantitative estimate of drug-likeness (QED) is 0.695. The third-order valence-corrected chi connectivity index (χ3v) is 2.16. The predicted molar refractivity (Wildman–Crippen MR) is 60.1 cm³/mol. The lowest BCUT2D eigenvalue weighted by molar-refractivity contribution is 0.457. The van der Waals surface area contributed by atoms with Crippen molar-refractivity contribution in [3.63, 3.8) is 0 Å². The molecule has 0 aliphatic heterocycles. The van der Waals surface area contributed by atoms with E-state index in [1.807, 2.05) is 39.0 Å². The highest BCUT2D eigenvalue weighted by molar-refractivity contribution is 5.76. The third kappa shape index (κ3) is 2.67. The number of aromatic nitrogens is 2. The predicted octanol–water partition coefficient (Wildman–Crippen LogP) is 1.20. The molecule has 15 heavy (non-hydrogen) atoms. The average molecular weight is 204 g/mol. The van der Waals surface area contributed by atoms with Crippen molar-refractivity contribution in [1.82, 2.24) is 14.7 Å². The summed E-state index contributed by atoms with van der Waals surface area (Å²) in [6.45, 7) is 2.72. The van der Waals surface area contributed by atoms with Crippen molar-refractivity contribution < 1.29 is 0 Å².